The lowest BCUT2D eigenvalue weighted by Gasteiger charge is -2.07. The Morgan fingerprint density at radius 2 is 1.83 bits per heavy atom. The first-order valence-corrected chi connectivity index (χ1v) is 8.93. The van der Waals surface area contributed by atoms with Crippen LogP contribution in [0.25, 0.3) is 0 Å². The summed E-state index contributed by atoms with van der Waals surface area (Å²) in [5.74, 6) is 1.46. The van der Waals surface area contributed by atoms with Crippen molar-refractivity contribution in [3.63, 3.8) is 0 Å². The molecule has 0 bridgehead atoms. The zero-order chi connectivity index (χ0) is 16.3. The minimum atomic E-state index is 0.0885. The van der Waals surface area contributed by atoms with E-state index in [0.29, 0.717) is 18.9 Å². The number of carbonyl (C=O) groups is 1. The molecular weight excluding hydrogens is 306 g/mol. The van der Waals surface area contributed by atoms with E-state index in [2.05, 4.69) is 17.4 Å². The van der Waals surface area contributed by atoms with Crippen molar-refractivity contribution in [1.29, 1.82) is 0 Å². The highest BCUT2D eigenvalue weighted by molar-refractivity contribution is 8.00. The molecule has 0 saturated heterocycles. The molecular formula is C19H23NO2S. The molecule has 4 heteroatoms. The maximum Gasteiger partial charge on any atom is 0.230 e. The maximum atomic E-state index is 11.8. The smallest absolute Gasteiger partial charge is 0.230 e. The van der Waals surface area contributed by atoms with Crippen LogP contribution in [-0.2, 0) is 11.2 Å². The lowest BCUT2D eigenvalue weighted by atomic mass is 10.1. The molecule has 122 valence electrons. The Labute approximate surface area is 142 Å². The van der Waals surface area contributed by atoms with E-state index < -0.39 is 0 Å². The van der Waals surface area contributed by atoms with Gasteiger partial charge in [0, 0.05) is 11.4 Å². The summed E-state index contributed by atoms with van der Waals surface area (Å²) in [6.07, 6.45) is 1.90. The van der Waals surface area contributed by atoms with Gasteiger partial charge in [0.15, 0.2) is 0 Å². The third kappa shape index (κ3) is 6.78. The quantitative estimate of drug-likeness (QED) is 0.560. The Bertz CT molecular complexity index is 584. The van der Waals surface area contributed by atoms with Gasteiger partial charge in [-0.25, -0.2) is 0 Å². The van der Waals surface area contributed by atoms with Gasteiger partial charge >= 0.3 is 0 Å². The maximum absolute atomic E-state index is 11.8. The monoisotopic (exact) mass is 329 g/mol. The molecule has 2 aromatic rings. The standard InChI is InChI=1S/C19H23NO2S/c1-2-22-17-12-10-16(11-13-17)7-6-14-20-19(21)15-23-18-8-4-3-5-9-18/h3-5,8-13H,2,6-7,14-15H2,1H3,(H,20,21). The fourth-order valence-electron chi connectivity index (χ4n) is 2.16. The molecule has 0 aromatic heterocycles. The van der Waals surface area contributed by atoms with E-state index in [0.717, 1.165) is 23.5 Å². The third-order valence-electron chi connectivity index (χ3n) is 3.31. The van der Waals surface area contributed by atoms with Gasteiger partial charge in [-0.2, -0.15) is 0 Å². The predicted molar refractivity (Wildman–Crippen MR) is 96.1 cm³/mol. The second-order valence-corrected chi connectivity index (χ2v) is 6.18. The molecule has 0 atom stereocenters. The second-order valence-electron chi connectivity index (χ2n) is 5.13. The number of nitrogens with one attached hydrogen (secondary N) is 1. The lowest BCUT2D eigenvalue weighted by molar-refractivity contribution is -0.118. The van der Waals surface area contributed by atoms with Crippen molar-refractivity contribution in [3.05, 3.63) is 60.2 Å². The zero-order valence-corrected chi connectivity index (χ0v) is 14.3. The van der Waals surface area contributed by atoms with Crippen molar-refractivity contribution in [1.82, 2.24) is 5.32 Å². The topological polar surface area (TPSA) is 38.3 Å². The molecule has 2 aromatic carbocycles. The molecule has 0 saturated carbocycles. The van der Waals surface area contributed by atoms with Crippen LogP contribution in [0, 0.1) is 0 Å². The third-order valence-corrected chi connectivity index (χ3v) is 4.32. The van der Waals surface area contributed by atoms with Gasteiger partial charge < -0.3 is 10.1 Å². The van der Waals surface area contributed by atoms with Gasteiger partial charge in [0.25, 0.3) is 0 Å². The van der Waals surface area contributed by atoms with Crippen LogP contribution >= 0.6 is 11.8 Å². The summed E-state index contributed by atoms with van der Waals surface area (Å²) in [7, 11) is 0. The van der Waals surface area contributed by atoms with Crippen molar-refractivity contribution in [2.45, 2.75) is 24.7 Å². The molecule has 0 aliphatic carbocycles. The van der Waals surface area contributed by atoms with Gasteiger partial charge in [-0.15, -0.1) is 11.8 Å². The fourth-order valence-corrected chi connectivity index (χ4v) is 2.91. The summed E-state index contributed by atoms with van der Waals surface area (Å²) in [5, 5.41) is 2.97. The second kappa shape index (κ2) is 9.95. The largest absolute Gasteiger partial charge is 0.494 e. The first-order valence-electron chi connectivity index (χ1n) is 7.94. The number of thioether (sulfide) groups is 1. The molecule has 0 heterocycles. The first kappa shape index (κ1) is 17.4. The molecule has 0 spiro atoms. The van der Waals surface area contributed by atoms with E-state index in [1.807, 2.05) is 49.4 Å². The summed E-state index contributed by atoms with van der Waals surface area (Å²) < 4.78 is 5.42. The average Bonchev–Trinajstić information content (AvgIpc) is 2.59. The summed E-state index contributed by atoms with van der Waals surface area (Å²) in [4.78, 5) is 12.9. The highest BCUT2D eigenvalue weighted by atomic mass is 32.2. The first-order chi connectivity index (χ1) is 11.3. The SMILES string of the molecule is CCOc1ccc(CCCNC(=O)CSc2ccccc2)cc1. The molecule has 0 fully saturated rings. The normalized spacial score (nSPS) is 10.3. The minimum Gasteiger partial charge on any atom is -0.494 e. The molecule has 0 aliphatic rings. The van der Waals surface area contributed by atoms with E-state index >= 15 is 0 Å². The number of hydrogen-bond donors (Lipinski definition) is 1. The molecule has 1 amide bonds. The van der Waals surface area contributed by atoms with Crippen molar-refractivity contribution in [2.24, 2.45) is 0 Å². The van der Waals surface area contributed by atoms with Crippen LogP contribution in [0.1, 0.15) is 18.9 Å². The average molecular weight is 329 g/mol. The number of aryl methyl sites for hydroxylation is 1. The van der Waals surface area contributed by atoms with Gasteiger partial charge in [-0.05, 0) is 49.6 Å². The van der Waals surface area contributed by atoms with Gasteiger partial charge in [-0.3, -0.25) is 4.79 Å². The van der Waals surface area contributed by atoms with E-state index in [4.69, 9.17) is 4.74 Å². The molecule has 0 radical (unpaired) electrons. The number of hydrogen-bond acceptors (Lipinski definition) is 3. The van der Waals surface area contributed by atoms with Crippen LogP contribution in [0.2, 0.25) is 0 Å². The molecule has 0 aliphatic heterocycles. The Balaban J connectivity index is 1.60. The molecule has 0 unspecified atom stereocenters. The predicted octanol–water partition coefficient (Wildman–Crippen LogP) is 3.93. The highest BCUT2D eigenvalue weighted by Gasteiger charge is 2.02. The Morgan fingerprint density at radius 1 is 1.09 bits per heavy atom. The Kier molecular flexibility index (Phi) is 7.54. The van der Waals surface area contributed by atoms with Crippen LogP contribution in [-0.4, -0.2) is 24.8 Å². The van der Waals surface area contributed by atoms with Crippen molar-refractivity contribution >= 4 is 17.7 Å². The highest BCUT2D eigenvalue weighted by Crippen LogP contribution is 2.16. The summed E-state index contributed by atoms with van der Waals surface area (Å²) in [6.45, 7) is 3.38. The number of rotatable bonds is 9. The Hall–Kier alpha value is -1.94. The number of amides is 1. The molecule has 23 heavy (non-hydrogen) atoms. The van der Waals surface area contributed by atoms with Crippen LogP contribution in [0.4, 0.5) is 0 Å². The number of ether oxygens (including phenoxy) is 1. The zero-order valence-electron chi connectivity index (χ0n) is 13.5. The van der Waals surface area contributed by atoms with Gasteiger partial charge in [0.2, 0.25) is 5.91 Å². The van der Waals surface area contributed by atoms with Crippen molar-refractivity contribution in [3.8, 4) is 5.75 Å². The van der Waals surface area contributed by atoms with Crippen molar-refractivity contribution in [2.75, 3.05) is 18.9 Å². The molecule has 3 nitrogen and oxygen atoms in total. The van der Waals surface area contributed by atoms with Crippen LogP contribution < -0.4 is 10.1 Å². The molecule has 1 N–H and O–H groups in total. The number of carbonyl (C=O) groups excluding carboxylic acids is 1. The molecule has 2 rings (SSSR count). The van der Waals surface area contributed by atoms with Gasteiger partial charge in [0.1, 0.15) is 5.75 Å². The van der Waals surface area contributed by atoms with Crippen LogP contribution in [0.3, 0.4) is 0 Å². The summed E-state index contributed by atoms with van der Waals surface area (Å²) >= 11 is 1.56. The van der Waals surface area contributed by atoms with Gasteiger partial charge in [-0.1, -0.05) is 30.3 Å². The number of benzene rings is 2. The summed E-state index contributed by atoms with van der Waals surface area (Å²) in [6, 6.07) is 18.1. The van der Waals surface area contributed by atoms with E-state index in [-0.39, 0.29) is 5.91 Å². The minimum absolute atomic E-state index is 0.0885. The van der Waals surface area contributed by atoms with Gasteiger partial charge in [0.05, 0.1) is 12.4 Å². The van der Waals surface area contributed by atoms with Crippen LogP contribution in [0.15, 0.2) is 59.5 Å². The van der Waals surface area contributed by atoms with E-state index in [1.54, 1.807) is 11.8 Å². The van der Waals surface area contributed by atoms with Crippen LogP contribution in [0.5, 0.6) is 5.75 Å². The van der Waals surface area contributed by atoms with Crippen molar-refractivity contribution < 1.29 is 9.53 Å². The summed E-state index contributed by atoms with van der Waals surface area (Å²) in [5.41, 5.74) is 1.27. The van der Waals surface area contributed by atoms with E-state index in [1.165, 1.54) is 5.56 Å². The Morgan fingerprint density at radius 3 is 2.52 bits per heavy atom. The fraction of sp³-hybridized carbons (Fsp3) is 0.316. The lowest BCUT2D eigenvalue weighted by Crippen LogP contribution is -2.26. The van der Waals surface area contributed by atoms with E-state index in [9.17, 15) is 4.79 Å².